The number of nitrogens with zero attached hydrogens (tertiary/aromatic N) is 2. The number of carbonyl (C=O) groups excluding carboxylic acids is 1. The monoisotopic (exact) mass is 371 g/mol. The van der Waals surface area contributed by atoms with Crippen LogP contribution in [0.2, 0.25) is 0 Å². The van der Waals surface area contributed by atoms with Crippen molar-refractivity contribution in [1.82, 2.24) is 0 Å². The fraction of sp³-hybridized carbons (Fsp3) is 0.476. The molecule has 1 aromatic heterocycles. The van der Waals surface area contributed by atoms with E-state index in [0.717, 1.165) is 28.8 Å². The summed E-state index contributed by atoms with van der Waals surface area (Å²) in [6, 6.07) is 11.9. The highest BCUT2D eigenvalue weighted by molar-refractivity contribution is 7.07. The van der Waals surface area contributed by atoms with E-state index in [1.165, 1.54) is 25.9 Å². The number of carbonyl (C=O) groups is 1. The largest absolute Gasteiger partial charge is 0.440 e. The number of hydrogen-bond donors (Lipinski definition) is 0. The van der Waals surface area contributed by atoms with Gasteiger partial charge in [-0.05, 0) is 41.4 Å². The minimum absolute atomic E-state index is 0.0543. The third-order valence-electron chi connectivity index (χ3n) is 6.17. The zero-order chi connectivity index (χ0) is 18.0. The van der Waals surface area contributed by atoms with Crippen LogP contribution in [-0.4, -0.2) is 42.9 Å². The molecule has 5 heteroatoms. The standard InChI is InChI=1S/C21H27N2O2S/c1-2-23-11-8-18(9-12-23)20(15-23)25-21(24)22(14-17-10-13-26-16-17)19-6-4-3-5-7-19/h3-7,10,13,16,18,20H,2,8-9,11-12,14-15H2,1H3/q+1/t18?,20-,23?/m0/s1. The normalized spacial score (nSPS) is 27.3. The molecule has 4 nitrogen and oxygen atoms in total. The van der Waals surface area contributed by atoms with Crippen LogP contribution in [0.3, 0.4) is 0 Å². The topological polar surface area (TPSA) is 29.5 Å². The van der Waals surface area contributed by atoms with Crippen LogP contribution in [0.25, 0.3) is 0 Å². The fourth-order valence-corrected chi connectivity index (χ4v) is 5.09. The van der Waals surface area contributed by atoms with Gasteiger partial charge in [-0.15, -0.1) is 0 Å². The van der Waals surface area contributed by atoms with Gasteiger partial charge in [0.2, 0.25) is 0 Å². The van der Waals surface area contributed by atoms with Gasteiger partial charge in [0, 0.05) is 24.4 Å². The summed E-state index contributed by atoms with van der Waals surface area (Å²) >= 11 is 1.66. The number of thiophene rings is 1. The van der Waals surface area contributed by atoms with Crippen LogP contribution < -0.4 is 4.90 Å². The van der Waals surface area contributed by atoms with Gasteiger partial charge in [0.05, 0.1) is 26.2 Å². The molecule has 4 heterocycles. The van der Waals surface area contributed by atoms with Crippen molar-refractivity contribution in [3.63, 3.8) is 0 Å². The molecule has 3 saturated heterocycles. The molecule has 0 unspecified atom stereocenters. The summed E-state index contributed by atoms with van der Waals surface area (Å²) in [5, 5.41) is 4.14. The van der Waals surface area contributed by atoms with E-state index < -0.39 is 0 Å². The third-order valence-corrected chi connectivity index (χ3v) is 6.91. The Morgan fingerprint density at radius 2 is 2.00 bits per heavy atom. The van der Waals surface area contributed by atoms with Gasteiger partial charge in [0.15, 0.2) is 6.10 Å². The molecular formula is C21H27N2O2S+. The van der Waals surface area contributed by atoms with Crippen LogP contribution in [-0.2, 0) is 11.3 Å². The van der Waals surface area contributed by atoms with Crippen molar-refractivity contribution in [2.24, 2.45) is 5.92 Å². The molecule has 0 radical (unpaired) electrons. The SMILES string of the molecule is CC[N+]12CCC(CC1)[C@@H](OC(=O)N(Cc1ccsc1)c1ccccc1)C2. The lowest BCUT2D eigenvalue weighted by Crippen LogP contribution is -2.64. The minimum atomic E-state index is -0.213. The quantitative estimate of drug-likeness (QED) is 0.723. The van der Waals surface area contributed by atoms with Gasteiger partial charge in [-0.25, -0.2) is 4.79 Å². The maximum Gasteiger partial charge on any atom is 0.415 e. The van der Waals surface area contributed by atoms with Crippen LogP contribution in [0.1, 0.15) is 25.3 Å². The highest BCUT2D eigenvalue weighted by atomic mass is 32.1. The maximum absolute atomic E-state index is 13.1. The van der Waals surface area contributed by atoms with E-state index >= 15 is 0 Å². The first-order valence-electron chi connectivity index (χ1n) is 9.58. The Balaban J connectivity index is 1.51. The maximum atomic E-state index is 13.1. The Bertz CT molecular complexity index is 724. The van der Waals surface area contributed by atoms with Crippen molar-refractivity contribution in [3.8, 4) is 0 Å². The number of benzene rings is 1. The van der Waals surface area contributed by atoms with Crippen molar-refractivity contribution in [2.45, 2.75) is 32.4 Å². The number of likely N-dealkylation sites (N-methyl/N-ethyl adjacent to an activating group) is 1. The molecule has 0 aliphatic carbocycles. The predicted molar refractivity (Wildman–Crippen MR) is 105 cm³/mol. The Morgan fingerprint density at radius 1 is 1.23 bits per heavy atom. The number of anilines is 1. The Morgan fingerprint density at radius 3 is 2.65 bits per heavy atom. The van der Waals surface area contributed by atoms with E-state index in [1.807, 2.05) is 35.7 Å². The smallest absolute Gasteiger partial charge is 0.415 e. The zero-order valence-electron chi connectivity index (χ0n) is 15.3. The minimum Gasteiger partial charge on any atom is -0.440 e. The fourth-order valence-electron chi connectivity index (χ4n) is 4.43. The van der Waals surface area contributed by atoms with E-state index in [-0.39, 0.29) is 12.2 Å². The van der Waals surface area contributed by atoms with Crippen molar-refractivity contribution >= 4 is 23.1 Å². The summed E-state index contributed by atoms with van der Waals surface area (Å²) in [4.78, 5) is 14.9. The van der Waals surface area contributed by atoms with Gasteiger partial charge < -0.3 is 9.22 Å². The highest BCUT2D eigenvalue weighted by Crippen LogP contribution is 2.35. The second-order valence-corrected chi connectivity index (χ2v) is 8.38. The van der Waals surface area contributed by atoms with Crippen molar-refractivity contribution in [2.75, 3.05) is 31.1 Å². The molecule has 0 spiro atoms. The van der Waals surface area contributed by atoms with Crippen LogP contribution in [0, 0.1) is 5.92 Å². The van der Waals surface area contributed by atoms with E-state index in [4.69, 9.17) is 4.74 Å². The lowest BCUT2D eigenvalue weighted by molar-refractivity contribution is -0.944. The lowest BCUT2D eigenvalue weighted by atomic mass is 9.83. The number of rotatable bonds is 5. The van der Waals surface area contributed by atoms with Gasteiger partial charge in [0.1, 0.15) is 6.54 Å². The van der Waals surface area contributed by atoms with Gasteiger partial charge in [-0.3, -0.25) is 4.90 Å². The number of quaternary nitrogens is 1. The number of para-hydroxylation sites is 1. The Labute approximate surface area is 159 Å². The molecule has 138 valence electrons. The van der Waals surface area contributed by atoms with Crippen LogP contribution in [0.4, 0.5) is 10.5 Å². The average molecular weight is 372 g/mol. The van der Waals surface area contributed by atoms with Crippen molar-refractivity contribution in [3.05, 3.63) is 52.7 Å². The summed E-state index contributed by atoms with van der Waals surface area (Å²) in [5.74, 6) is 0.532. The second-order valence-electron chi connectivity index (χ2n) is 7.60. The van der Waals surface area contributed by atoms with E-state index in [2.05, 4.69) is 18.4 Å². The van der Waals surface area contributed by atoms with Gasteiger partial charge in [0.25, 0.3) is 0 Å². The first-order valence-corrected chi connectivity index (χ1v) is 10.5. The summed E-state index contributed by atoms with van der Waals surface area (Å²) in [6.07, 6.45) is 2.21. The average Bonchev–Trinajstić information content (AvgIpc) is 3.21. The molecule has 0 N–H and O–H groups in total. The molecule has 2 aromatic rings. The highest BCUT2D eigenvalue weighted by Gasteiger charge is 2.47. The molecule has 0 saturated carbocycles. The van der Waals surface area contributed by atoms with Crippen LogP contribution >= 0.6 is 11.3 Å². The molecule has 26 heavy (non-hydrogen) atoms. The second kappa shape index (κ2) is 7.41. The third kappa shape index (κ3) is 3.51. The molecular weight excluding hydrogens is 344 g/mol. The van der Waals surface area contributed by atoms with Crippen LogP contribution in [0.15, 0.2) is 47.2 Å². The van der Waals surface area contributed by atoms with Crippen molar-refractivity contribution in [1.29, 1.82) is 0 Å². The predicted octanol–water partition coefficient (Wildman–Crippen LogP) is 4.52. The van der Waals surface area contributed by atoms with Gasteiger partial charge in [-0.1, -0.05) is 18.2 Å². The van der Waals surface area contributed by atoms with E-state index in [1.54, 1.807) is 16.2 Å². The molecule has 1 amide bonds. The molecule has 1 atom stereocenters. The van der Waals surface area contributed by atoms with E-state index in [9.17, 15) is 4.79 Å². The molecule has 5 rings (SSSR count). The Kier molecular flexibility index (Phi) is 5.00. The zero-order valence-corrected chi connectivity index (χ0v) is 16.2. The number of piperidine rings is 3. The number of ether oxygens (including phenoxy) is 1. The molecule has 3 aliphatic heterocycles. The van der Waals surface area contributed by atoms with Gasteiger partial charge in [-0.2, -0.15) is 11.3 Å². The van der Waals surface area contributed by atoms with E-state index in [0.29, 0.717) is 12.5 Å². The van der Waals surface area contributed by atoms with Crippen LogP contribution in [0.5, 0.6) is 0 Å². The first-order chi connectivity index (χ1) is 12.7. The number of hydrogen-bond acceptors (Lipinski definition) is 3. The lowest BCUT2D eigenvalue weighted by Gasteiger charge is -2.51. The van der Waals surface area contributed by atoms with Crippen molar-refractivity contribution < 1.29 is 14.0 Å². The summed E-state index contributed by atoms with van der Waals surface area (Å²) in [5.41, 5.74) is 2.03. The van der Waals surface area contributed by atoms with Gasteiger partial charge >= 0.3 is 6.09 Å². The summed E-state index contributed by atoms with van der Waals surface area (Å²) in [6.45, 7) is 7.42. The molecule has 3 aliphatic rings. The first kappa shape index (κ1) is 17.6. The number of fused-ring (bicyclic) bond motifs is 3. The summed E-state index contributed by atoms with van der Waals surface area (Å²) in [7, 11) is 0. The molecule has 3 fully saturated rings. The number of amides is 1. The molecule has 1 aromatic carbocycles. The molecule has 2 bridgehead atoms. The summed E-state index contributed by atoms with van der Waals surface area (Å²) < 4.78 is 7.21. The Hall–Kier alpha value is -1.85.